The van der Waals surface area contributed by atoms with Crippen LogP contribution >= 0.6 is 11.6 Å². The van der Waals surface area contributed by atoms with Gasteiger partial charge in [0.25, 0.3) is 0 Å². The number of nitrogen functional groups attached to an aromatic ring is 1. The zero-order chi connectivity index (χ0) is 15.2. The predicted molar refractivity (Wildman–Crippen MR) is 75.5 cm³/mol. The van der Waals surface area contributed by atoms with Crippen LogP contribution in [0.3, 0.4) is 0 Å². The van der Waals surface area contributed by atoms with E-state index in [1.807, 2.05) is 0 Å². The minimum absolute atomic E-state index is 0.0465. The van der Waals surface area contributed by atoms with Crippen LogP contribution in [0, 0.1) is 0 Å². The van der Waals surface area contributed by atoms with Crippen molar-refractivity contribution in [2.75, 3.05) is 5.73 Å². The van der Waals surface area contributed by atoms with Crippen LogP contribution in [0.25, 0.3) is 16.7 Å². The van der Waals surface area contributed by atoms with E-state index < -0.39 is 11.7 Å². The van der Waals surface area contributed by atoms with Gasteiger partial charge in [-0.25, -0.2) is 4.98 Å². The van der Waals surface area contributed by atoms with Crippen molar-refractivity contribution < 1.29 is 13.2 Å². The van der Waals surface area contributed by atoms with Gasteiger partial charge in [0.2, 0.25) is 5.95 Å². The third kappa shape index (κ3) is 2.21. The van der Waals surface area contributed by atoms with Crippen molar-refractivity contribution in [1.82, 2.24) is 9.55 Å². The number of fused-ring (bicyclic) bond motifs is 1. The molecule has 3 rings (SSSR count). The Kier molecular flexibility index (Phi) is 3.06. The van der Waals surface area contributed by atoms with E-state index in [0.29, 0.717) is 16.1 Å². The van der Waals surface area contributed by atoms with Crippen molar-refractivity contribution in [1.29, 1.82) is 0 Å². The van der Waals surface area contributed by atoms with Crippen molar-refractivity contribution >= 4 is 28.6 Å². The number of para-hydroxylation sites is 2. The molecule has 0 atom stereocenters. The first-order chi connectivity index (χ1) is 9.89. The number of aromatic nitrogens is 2. The first-order valence-corrected chi connectivity index (χ1v) is 6.36. The summed E-state index contributed by atoms with van der Waals surface area (Å²) < 4.78 is 40.7. The average molecular weight is 312 g/mol. The molecule has 2 N–H and O–H groups in total. The third-order valence-electron chi connectivity index (χ3n) is 3.11. The van der Waals surface area contributed by atoms with E-state index >= 15 is 0 Å². The van der Waals surface area contributed by atoms with Crippen LogP contribution in [0.15, 0.2) is 42.5 Å². The Morgan fingerprint density at radius 3 is 2.48 bits per heavy atom. The molecule has 1 heterocycles. The molecule has 0 saturated heterocycles. The lowest BCUT2D eigenvalue weighted by atomic mass is 10.1. The van der Waals surface area contributed by atoms with Gasteiger partial charge in [-0.2, -0.15) is 13.2 Å². The van der Waals surface area contributed by atoms with Gasteiger partial charge in [-0.3, -0.25) is 4.57 Å². The molecular formula is C14H9ClF3N3. The molecule has 2 aromatic carbocycles. The maximum atomic E-state index is 13.2. The number of anilines is 1. The van der Waals surface area contributed by atoms with E-state index in [4.69, 9.17) is 17.3 Å². The molecule has 0 aliphatic rings. The summed E-state index contributed by atoms with van der Waals surface area (Å²) in [6.07, 6.45) is -4.49. The maximum absolute atomic E-state index is 13.2. The Bertz CT molecular complexity index is 824. The number of hydrogen-bond donors (Lipinski definition) is 1. The van der Waals surface area contributed by atoms with Crippen LogP contribution < -0.4 is 5.73 Å². The second-order valence-corrected chi connectivity index (χ2v) is 4.84. The Labute approximate surface area is 122 Å². The number of nitrogens with zero attached hydrogens (tertiary/aromatic N) is 2. The van der Waals surface area contributed by atoms with Crippen LogP contribution in [0.5, 0.6) is 0 Å². The van der Waals surface area contributed by atoms with Crippen LogP contribution in [0.2, 0.25) is 5.02 Å². The molecule has 0 aliphatic carbocycles. The van der Waals surface area contributed by atoms with Gasteiger partial charge >= 0.3 is 6.18 Å². The largest absolute Gasteiger partial charge is 0.418 e. The lowest BCUT2D eigenvalue weighted by molar-refractivity contribution is -0.137. The molecule has 0 unspecified atom stereocenters. The summed E-state index contributed by atoms with van der Waals surface area (Å²) in [5.41, 5.74) is 5.73. The Balaban J connectivity index is 2.37. The van der Waals surface area contributed by atoms with Crippen molar-refractivity contribution in [2.45, 2.75) is 6.18 Å². The molecule has 0 bridgehead atoms. The average Bonchev–Trinajstić information content (AvgIpc) is 2.75. The molecule has 7 heteroatoms. The first kappa shape index (κ1) is 13.8. The van der Waals surface area contributed by atoms with Gasteiger partial charge in [0.05, 0.1) is 21.8 Å². The SMILES string of the molecule is Nc1nc2c(Cl)cccc2n1-c1ccccc1C(F)(F)F. The fourth-order valence-corrected chi connectivity index (χ4v) is 2.46. The number of alkyl halides is 3. The van der Waals surface area contributed by atoms with Gasteiger partial charge < -0.3 is 5.73 Å². The minimum atomic E-state index is -4.49. The van der Waals surface area contributed by atoms with Gasteiger partial charge in [0.1, 0.15) is 5.52 Å². The molecule has 3 nitrogen and oxygen atoms in total. The third-order valence-corrected chi connectivity index (χ3v) is 3.42. The number of hydrogen-bond acceptors (Lipinski definition) is 2. The number of nitrogens with two attached hydrogens (primary N) is 1. The van der Waals surface area contributed by atoms with Gasteiger partial charge in [-0.05, 0) is 24.3 Å². The molecule has 0 amide bonds. The molecule has 3 aromatic rings. The smallest absolute Gasteiger partial charge is 0.369 e. The topological polar surface area (TPSA) is 43.8 Å². The zero-order valence-corrected chi connectivity index (χ0v) is 11.3. The van der Waals surface area contributed by atoms with E-state index in [-0.39, 0.29) is 11.6 Å². The van der Waals surface area contributed by atoms with Gasteiger partial charge in [-0.15, -0.1) is 0 Å². The van der Waals surface area contributed by atoms with Crippen molar-refractivity contribution in [3.63, 3.8) is 0 Å². The highest BCUT2D eigenvalue weighted by Gasteiger charge is 2.34. The number of imidazole rings is 1. The van der Waals surface area contributed by atoms with Crippen LogP contribution in [0.4, 0.5) is 19.1 Å². The fourth-order valence-electron chi connectivity index (χ4n) is 2.24. The summed E-state index contributed by atoms with van der Waals surface area (Å²) in [4.78, 5) is 4.05. The molecule has 0 radical (unpaired) electrons. The van der Waals surface area contributed by atoms with Gasteiger partial charge in [0.15, 0.2) is 0 Å². The Morgan fingerprint density at radius 2 is 1.76 bits per heavy atom. The van der Waals surface area contributed by atoms with Crippen molar-refractivity contribution in [2.24, 2.45) is 0 Å². The molecule has 0 spiro atoms. The molecular weight excluding hydrogens is 303 g/mol. The van der Waals surface area contributed by atoms with E-state index in [9.17, 15) is 13.2 Å². The second kappa shape index (κ2) is 4.66. The fraction of sp³-hybridized carbons (Fsp3) is 0.0714. The summed E-state index contributed by atoms with van der Waals surface area (Å²) in [5.74, 6) is -0.0465. The normalized spacial score (nSPS) is 12.0. The molecule has 0 fully saturated rings. The first-order valence-electron chi connectivity index (χ1n) is 5.98. The summed E-state index contributed by atoms with van der Waals surface area (Å²) in [7, 11) is 0. The number of rotatable bonds is 1. The highest BCUT2D eigenvalue weighted by molar-refractivity contribution is 6.35. The van der Waals surface area contributed by atoms with Crippen molar-refractivity contribution in [3.05, 3.63) is 53.1 Å². The van der Waals surface area contributed by atoms with E-state index in [2.05, 4.69) is 4.98 Å². The van der Waals surface area contributed by atoms with Crippen LogP contribution in [0.1, 0.15) is 5.56 Å². The predicted octanol–water partition coefficient (Wildman–Crippen LogP) is 4.28. The number of benzene rings is 2. The molecule has 21 heavy (non-hydrogen) atoms. The van der Waals surface area contributed by atoms with Gasteiger partial charge in [0, 0.05) is 0 Å². The summed E-state index contributed by atoms with van der Waals surface area (Å²) in [6.45, 7) is 0. The Morgan fingerprint density at radius 1 is 1.05 bits per heavy atom. The van der Waals surface area contributed by atoms with E-state index in [1.165, 1.54) is 22.8 Å². The standard InChI is InChI=1S/C14H9ClF3N3/c15-9-5-3-7-11-12(9)20-13(19)21(11)10-6-2-1-4-8(10)14(16,17)18/h1-7H,(H2,19,20). The zero-order valence-electron chi connectivity index (χ0n) is 10.5. The summed E-state index contributed by atoms with van der Waals surface area (Å²) >= 11 is 6.01. The highest BCUT2D eigenvalue weighted by Crippen LogP contribution is 2.36. The van der Waals surface area contributed by atoms with Crippen LogP contribution in [-0.2, 0) is 6.18 Å². The van der Waals surface area contributed by atoms with E-state index in [1.54, 1.807) is 18.2 Å². The van der Waals surface area contributed by atoms with E-state index in [0.717, 1.165) is 6.07 Å². The molecule has 1 aromatic heterocycles. The Hall–Kier alpha value is -2.21. The monoisotopic (exact) mass is 311 g/mol. The molecule has 0 aliphatic heterocycles. The lowest BCUT2D eigenvalue weighted by Crippen LogP contribution is -2.12. The van der Waals surface area contributed by atoms with Gasteiger partial charge in [-0.1, -0.05) is 29.8 Å². The minimum Gasteiger partial charge on any atom is -0.369 e. The molecule has 0 saturated carbocycles. The van der Waals surface area contributed by atoms with Crippen LogP contribution in [-0.4, -0.2) is 9.55 Å². The highest BCUT2D eigenvalue weighted by atomic mass is 35.5. The lowest BCUT2D eigenvalue weighted by Gasteiger charge is -2.14. The maximum Gasteiger partial charge on any atom is 0.418 e. The molecule has 108 valence electrons. The van der Waals surface area contributed by atoms with Crippen molar-refractivity contribution in [3.8, 4) is 5.69 Å². The number of halogens is 4. The quantitative estimate of drug-likeness (QED) is 0.729. The second-order valence-electron chi connectivity index (χ2n) is 4.43. The summed E-state index contributed by atoms with van der Waals surface area (Å²) in [5, 5.41) is 0.336. The summed E-state index contributed by atoms with van der Waals surface area (Å²) in [6, 6.07) is 10.1.